The molecule has 4 rings (SSSR count). The fraction of sp³-hybridized carbons (Fsp3) is 0.381. The van der Waals surface area contributed by atoms with Crippen molar-refractivity contribution in [1.29, 1.82) is 0 Å². The van der Waals surface area contributed by atoms with Crippen LogP contribution in [0.25, 0.3) is 11.3 Å². The number of benzene rings is 1. The topological polar surface area (TPSA) is 113 Å². The van der Waals surface area contributed by atoms with E-state index in [1.54, 1.807) is 35.9 Å². The summed E-state index contributed by atoms with van der Waals surface area (Å²) in [4.78, 5) is 14.8. The van der Waals surface area contributed by atoms with E-state index in [1.165, 1.54) is 4.31 Å². The highest BCUT2D eigenvalue weighted by Gasteiger charge is 2.33. The number of nitrogens with one attached hydrogen (secondary N) is 1. The number of carbonyl (C=O) groups excluding carboxylic acids is 1. The zero-order valence-corrected chi connectivity index (χ0v) is 19.1. The van der Waals surface area contributed by atoms with Crippen molar-refractivity contribution in [1.82, 2.24) is 29.2 Å². The summed E-state index contributed by atoms with van der Waals surface area (Å²) in [5, 5.41) is 11.3. The Kier molecular flexibility index (Phi) is 6.02. The Hall–Kier alpha value is -3.18. The van der Waals surface area contributed by atoms with Crippen LogP contribution in [0.2, 0.25) is 0 Å². The Balaban J connectivity index is 1.44. The number of amides is 1. The van der Waals surface area contributed by atoms with Crippen molar-refractivity contribution in [3.63, 3.8) is 0 Å². The van der Waals surface area contributed by atoms with Crippen molar-refractivity contribution >= 4 is 15.9 Å². The van der Waals surface area contributed by atoms with Crippen molar-refractivity contribution in [3.05, 3.63) is 47.9 Å². The van der Waals surface area contributed by atoms with Crippen molar-refractivity contribution < 1.29 is 17.9 Å². The van der Waals surface area contributed by atoms with Gasteiger partial charge in [-0.1, -0.05) is 12.1 Å². The van der Waals surface area contributed by atoms with E-state index in [0.29, 0.717) is 42.5 Å². The monoisotopic (exact) mass is 458 g/mol. The van der Waals surface area contributed by atoms with Gasteiger partial charge in [0.1, 0.15) is 16.3 Å². The van der Waals surface area contributed by atoms with Crippen LogP contribution in [-0.4, -0.2) is 76.8 Å². The van der Waals surface area contributed by atoms with Gasteiger partial charge in [-0.05, 0) is 32.0 Å². The summed E-state index contributed by atoms with van der Waals surface area (Å²) in [7, 11) is -2.06. The summed E-state index contributed by atoms with van der Waals surface area (Å²) in [6.45, 7) is 5.24. The van der Waals surface area contributed by atoms with Crippen LogP contribution in [-0.2, 0) is 16.6 Å². The molecule has 0 aliphatic carbocycles. The van der Waals surface area contributed by atoms with Crippen LogP contribution in [0.15, 0.2) is 41.4 Å². The van der Waals surface area contributed by atoms with Crippen LogP contribution in [0, 0.1) is 6.92 Å². The van der Waals surface area contributed by atoms with Crippen LogP contribution >= 0.6 is 0 Å². The van der Waals surface area contributed by atoms with Crippen LogP contribution in [0.5, 0.6) is 5.75 Å². The van der Waals surface area contributed by atoms with Crippen LogP contribution in [0.4, 0.5) is 0 Å². The number of hydrogen-bond donors (Lipinski definition) is 1. The Labute approximate surface area is 186 Å². The highest BCUT2D eigenvalue weighted by Crippen LogP contribution is 2.24. The first-order valence-corrected chi connectivity index (χ1v) is 11.8. The maximum atomic E-state index is 13.0. The van der Waals surface area contributed by atoms with Gasteiger partial charge in [0.15, 0.2) is 0 Å². The molecule has 1 aliphatic heterocycles. The number of sulfonamides is 1. The summed E-state index contributed by atoms with van der Waals surface area (Å²) in [6, 6.07) is 9.12. The van der Waals surface area contributed by atoms with Gasteiger partial charge in [0.2, 0.25) is 10.0 Å². The minimum absolute atomic E-state index is 0.210. The lowest BCUT2D eigenvalue weighted by Crippen LogP contribution is -2.50. The fourth-order valence-electron chi connectivity index (χ4n) is 3.72. The Bertz CT molecular complexity index is 1220. The normalized spacial score (nSPS) is 15.2. The number of carbonyl (C=O) groups is 1. The van der Waals surface area contributed by atoms with E-state index in [4.69, 9.17) is 4.74 Å². The highest BCUT2D eigenvalue weighted by atomic mass is 32.2. The molecular weight excluding hydrogens is 432 g/mol. The number of piperazine rings is 1. The molecule has 3 aromatic rings. The number of aromatic amines is 1. The average molecular weight is 459 g/mol. The molecule has 1 amide bonds. The second-order valence-electron chi connectivity index (χ2n) is 7.53. The predicted molar refractivity (Wildman–Crippen MR) is 118 cm³/mol. The summed E-state index contributed by atoms with van der Waals surface area (Å²) >= 11 is 0. The minimum atomic E-state index is -3.65. The number of methoxy groups -OCH3 is 1. The first-order valence-electron chi connectivity index (χ1n) is 10.4. The summed E-state index contributed by atoms with van der Waals surface area (Å²) in [5.41, 5.74) is 2.31. The van der Waals surface area contributed by atoms with Crippen LogP contribution in [0.3, 0.4) is 0 Å². The molecule has 1 aliphatic rings. The maximum absolute atomic E-state index is 13.0. The van der Waals surface area contributed by atoms with E-state index >= 15 is 0 Å². The first-order chi connectivity index (χ1) is 15.3. The Morgan fingerprint density at radius 2 is 1.94 bits per heavy atom. The molecule has 0 bridgehead atoms. The van der Waals surface area contributed by atoms with Gasteiger partial charge >= 0.3 is 0 Å². The van der Waals surface area contributed by atoms with E-state index in [1.807, 2.05) is 31.2 Å². The molecule has 0 saturated carbocycles. The predicted octanol–water partition coefficient (Wildman–Crippen LogP) is 1.76. The molecule has 170 valence electrons. The SMILES string of the molecule is CCn1cc(S(=O)(=O)N2CCN(C(=O)c3cc(-c4cccc(OC)c4)n[nH]3)CC2)c(C)n1. The van der Waals surface area contributed by atoms with Gasteiger partial charge in [0.05, 0.1) is 18.5 Å². The molecule has 10 nitrogen and oxygen atoms in total. The molecule has 1 N–H and O–H groups in total. The van der Waals surface area contributed by atoms with Gasteiger partial charge in [-0.15, -0.1) is 0 Å². The maximum Gasteiger partial charge on any atom is 0.271 e. The average Bonchev–Trinajstić information content (AvgIpc) is 3.46. The van der Waals surface area contributed by atoms with Crippen molar-refractivity contribution in [3.8, 4) is 17.0 Å². The molecule has 1 saturated heterocycles. The molecular formula is C21H26N6O4S. The van der Waals surface area contributed by atoms with Crippen molar-refractivity contribution in [2.24, 2.45) is 0 Å². The standard InChI is InChI=1S/C21H26N6O4S/c1-4-26-14-20(15(2)24-26)32(29,30)27-10-8-25(9-11-27)21(28)19-13-18(22-23-19)16-6-5-7-17(12-16)31-3/h5-7,12-14H,4,8-11H2,1-3H3,(H,22,23). The number of aromatic nitrogens is 4. The molecule has 0 radical (unpaired) electrons. The summed E-state index contributed by atoms with van der Waals surface area (Å²) < 4.78 is 34.3. The van der Waals surface area contributed by atoms with Gasteiger partial charge < -0.3 is 9.64 Å². The molecule has 0 unspecified atom stereocenters. The lowest BCUT2D eigenvalue weighted by molar-refractivity contribution is 0.0692. The zero-order chi connectivity index (χ0) is 22.9. The number of ether oxygens (including phenoxy) is 1. The fourth-order valence-corrected chi connectivity index (χ4v) is 5.31. The van der Waals surface area contributed by atoms with Crippen LogP contribution in [0.1, 0.15) is 23.1 Å². The number of aryl methyl sites for hydroxylation is 2. The zero-order valence-electron chi connectivity index (χ0n) is 18.3. The second-order valence-corrected chi connectivity index (χ2v) is 9.44. The summed E-state index contributed by atoms with van der Waals surface area (Å²) in [5.74, 6) is 0.495. The molecule has 1 aromatic carbocycles. The van der Waals surface area contributed by atoms with Gasteiger partial charge in [-0.3, -0.25) is 14.6 Å². The largest absolute Gasteiger partial charge is 0.497 e. The van der Waals surface area contributed by atoms with Crippen molar-refractivity contribution in [2.75, 3.05) is 33.3 Å². The molecule has 3 heterocycles. The van der Waals surface area contributed by atoms with Crippen LogP contribution < -0.4 is 4.74 Å². The summed E-state index contributed by atoms with van der Waals surface area (Å²) in [6.07, 6.45) is 1.56. The third kappa shape index (κ3) is 4.13. The van der Waals surface area contributed by atoms with Gasteiger partial charge in [0, 0.05) is 44.5 Å². The molecule has 0 spiro atoms. The molecule has 2 aromatic heterocycles. The van der Waals surface area contributed by atoms with Gasteiger partial charge in [0.25, 0.3) is 5.91 Å². The number of rotatable bonds is 6. The van der Waals surface area contributed by atoms with E-state index in [0.717, 1.165) is 5.56 Å². The second kappa shape index (κ2) is 8.75. The lowest BCUT2D eigenvalue weighted by Gasteiger charge is -2.33. The van der Waals surface area contributed by atoms with Gasteiger partial charge in [-0.25, -0.2) is 8.42 Å². The molecule has 32 heavy (non-hydrogen) atoms. The lowest BCUT2D eigenvalue weighted by atomic mass is 10.1. The van der Waals surface area contributed by atoms with Gasteiger partial charge in [-0.2, -0.15) is 14.5 Å². The first kappa shape index (κ1) is 22.0. The Morgan fingerprint density at radius 3 is 2.59 bits per heavy atom. The molecule has 1 fully saturated rings. The molecule has 0 atom stereocenters. The Morgan fingerprint density at radius 1 is 1.19 bits per heavy atom. The number of hydrogen-bond acceptors (Lipinski definition) is 6. The van der Waals surface area contributed by atoms with Crippen molar-refractivity contribution in [2.45, 2.75) is 25.3 Å². The number of H-pyrrole nitrogens is 1. The quantitative estimate of drug-likeness (QED) is 0.602. The minimum Gasteiger partial charge on any atom is -0.497 e. The van der Waals surface area contributed by atoms with E-state index in [2.05, 4.69) is 15.3 Å². The smallest absolute Gasteiger partial charge is 0.271 e. The highest BCUT2D eigenvalue weighted by molar-refractivity contribution is 7.89. The van der Waals surface area contributed by atoms with E-state index in [9.17, 15) is 13.2 Å². The van der Waals surface area contributed by atoms with E-state index in [-0.39, 0.29) is 23.9 Å². The van der Waals surface area contributed by atoms with E-state index < -0.39 is 10.0 Å². The molecule has 11 heteroatoms. The third-order valence-electron chi connectivity index (χ3n) is 5.54. The number of nitrogens with zero attached hydrogens (tertiary/aromatic N) is 5. The third-order valence-corrected chi connectivity index (χ3v) is 7.54.